The van der Waals surface area contributed by atoms with Crippen LogP contribution in [0.2, 0.25) is 5.02 Å². The Labute approximate surface area is 181 Å². The highest BCUT2D eigenvalue weighted by Crippen LogP contribution is 2.24. The van der Waals surface area contributed by atoms with Crippen LogP contribution in [0.4, 0.5) is 5.95 Å². The van der Waals surface area contributed by atoms with Gasteiger partial charge in [0, 0.05) is 31.2 Å². The van der Waals surface area contributed by atoms with Crippen molar-refractivity contribution >= 4 is 35.2 Å². The van der Waals surface area contributed by atoms with Crippen LogP contribution < -0.4 is 10.2 Å². The molecule has 0 radical (unpaired) electrons. The van der Waals surface area contributed by atoms with Crippen LogP contribution >= 0.6 is 23.4 Å². The van der Waals surface area contributed by atoms with Crippen LogP contribution in [0.25, 0.3) is 0 Å². The minimum Gasteiger partial charge on any atom is -0.378 e. The minimum atomic E-state index is -0.0101. The normalized spacial score (nSPS) is 14.4. The number of thioether (sulfide) groups is 1. The number of ether oxygens (including phenoxy) is 1. The molecule has 1 saturated heterocycles. The number of morpholine rings is 1. The van der Waals surface area contributed by atoms with Crippen molar-refractivity contribution in [1.29, 1.82) is 0 Å². The number of carbonyl (C=O) groups excluding carboxylic acids is 1. The molecule has 1 aromatic carbocycles. The van der Waals surface area contributed by atoms with Crippen LogP contribution in [-0.4, -0.2) is 59.3 Å². The number of anilines is 1. The molecule has 158 valence electrons. The summed E-state index contributed by atoms with van der Waals surface area (Å²) in [4.78, 5) is 14.5. The first kappa shape index (κ1) is 21.9. The molecule has 0 unspecified atom stereocenters. The van der Waals surface area contributed by atoms with E-state index in [4.69, 9.17) is 16.3 Å². The molecule has 1 aromatic heterocycles. The van der Waals surface area contributed by atoms with E-state index >= 15 is 0 Å². The predicted octanol–water partition coefficient (Wildman–Crippen LogP) is 2.88. The number of amides is 1. The summed E-state index contributed by atoms with van der Waals surface area (Å²) >= 11 is 7.43. The minimum absolute atomic E-state index is 0.0101. The Bertz CT molecular complexity index is 808. The Kier molecular flexibility index (Phi) is 8.20. The van der Waals surface area contributed by atoms with Crippen molar-refractivity contribution in [1.82, 2.24) is 20.1 Å². The average molecular weight is 438 g/mol. The van der Waals surface area contributed by atoms with E-state index in [1.165, 1.54) is 11.8 Å². The third kappa shape index (κ3) is 6.62. The fourth-order valence-corrected chi connectivity index (χ4v) is 4.12. The van der Waals surface area contributed by atoms with Crippen LogP contribution in [0.15, 0.2) is 29.4 Å². The monoisotopic (exact) mass is 437 g/mol. The van der Waals surface area contributed by atoms with Crippen molar-refractivity contribution < 1.29 is 9.53 Å². The summed E-state index contributed by atoms with van der Waals surface area (Å²) in [5.74, 6) is 1.63. The Balaban J connectivity index is 1.53. The zero-order valence-corrected chi connectivity index (χ0v) is 18.5. The van der Waals surface area contributed by atoms with Gasteiger partial charge in [-0.3, -0.25) is 9.36 Å². The van der Waals surface area contributed by atoms with Gasteiger partial charge in [0.2, 0.25) is 11.9 Å². The highest BCUT2D eigenvalue weighted by atomic mass is 35.5. The molecule has 1 aliphatic rings. The first-order valence-electron chi connectivity index (χ1n) is 9.92. The molecule has 0 bridgehead atoms. The van der Waals surface area contributed by atoms with Crippen molar-refractivity contribution in [2.24, 2.45) is 5.92 Å². The molecule has 9 heteroatoms. The summed E-state index contributed by atoms with van der Waals surface area (Å²) in [6.45, 7) is 8.75. The lowest BCUT2D eigenvalue weighted by atomic mass is 10.1. The SMILES string of the molecule is CC(C)Cn1c(SCC(=O)NCCc2cccc(Cl)c2)nnc1N1CCOCC1. The van der Waals surface area contributed by atoms with E-state index in [2.05, 4.69) is 38.8 Å². The van der Waals surface area contributed by atoms with Crippen molar-refractivity contribution in [3.8, 4) is 0 Å². The van der Waals surface area contributed by atoms with Crippen molar-refractivity contribution in [2.75, 3.05) is 43.5 Å². The maximum absolute atomic E-state index is 12.3. The number of nitrogens with zero attached hydrogens (tertiary/aromatic N) is 4. The van der Waals surface area contributed by atoms with Gasteiger partial charge in [0.05, 0.1) is 19.0 Å². The molecular weight excluding hydrogens is 410 g/mol. The van der Waals surface area contributed by atoms with E-state index < -0.39 is 0 Å². The first-order valence-corrected chi connectivity index (χ1v) is 11.3. The maximum atomic E-state index is 12.3. The van der Waals surface area contributed by atoms with E-state index in [1.54, 1.807) is 0 Å². The van der Waals surface area contributed by atoms with E-state index in [1.807, 2.05) is 24.3 Å². The second-order valence-electron chi connectivity index (χ2n) is 7.40. The van der Waals surface area contributed by atoms with E-state index in [9.17, 15) is 4.79 Å². The van der Waals surface area contributed by atoms with Gasteiger partial charge in [-0.1, -0.05) is 49.3 Å². The summed E-state index contributed by atoms with van der Waals surface area (Å²) in [6.07, 6.45) is 0.752. The third-order valence-electron chi connectivity index (χ3n) is 4.50. The summed E-state index contributed by atoms with van der Waals surface area (Å²) in [5, 5.41) is 13.2. The average Bonchev–Trinajstić information content (AvgIpc) is 3.09. The zero-order chi connectivity index (χ0) is 20.6. The van der Waals surface area contributed by atoms with Gasteiger partial charge in [-0.2, -0.15) is 0 Å². The number of hydrogen-bond acceptors (Lipinski definition) is 6. The van der Waals surface area contributed by atoms with Gasteiger partial charge in [0.25, 0.3) is 0 Å². The third-order valence-corrected chi connectivity index (χ3v) is 5.70. The smallest absolute Gasteiger partial charge is 0.230 e. The molecule has 7 nitrogen and oxygen atoms in total. The van der Waals surface area contributed by atoms with Gasteiger partial charge in [0.1, 0.15) is 0 Å². The number of halogens is 1. The van der Waals surface area contributed by atoms with Crippen molar-refractivity contribution in [2.45, 2.75) is 32.0 Å². The van der Waals surface area contributed by atoms with Crippen molar-refractivity contribution in [3.05, 3.63) is 34.9 Å². The summed E-state index contributed by atoms with van der Waals surface area (Å²) in [7, 11) is 0. The van der Waals surface area contributed by atoms with Crippen molar-refractivity contribution in [3.63, 3.8) is 0 Å². The largest absolute Gasteiger partial charge is 0.378 e. The van der Waals surface area contributed by atoms with Gasteiger partial charge in [0.15, 0.2) is 5.16 Å². The van der Waals surface area contributed by atoms with Crippen LogP contribution in [0, 0.1) is 5.92 Å². The summed E-state index contributed by atoms with van der Waals surface area (Å²) < 4.78 is 7.56. The van der Waals surface area contributed by atoms with Crippen LogP contribution in [-0.2, 0) is 22.5 Å². The topological polar surface area (TPSA) is 72.3 Å². The van der Waals surface area contributed by atoms with Crippen LogP contribution in [0.1, 0.15) is 19.4 Å². The van der Waals surface area contributed by atoms with E-state index in [0.717, 1.165) is 42.7 Å². The summed E-state index contributed by atoms with van der Waals surface area (Å²) in [5.41, 5.74) is 1.11. The molecule has 1 amide bonds. The molecule has 2 heterocycles. The second-order valence-corrected chi connectivity index (χ2v) is 8.78. The number of hydrogen-bond donors (Lipinski definition) is 1. The number of carbonyl (C=O) groups is 1. The molecule has 1 fully saturated rings. The van der Waals surface area contributed by atoms with Gasteiger partial charge >= 0.3 is 0 Å². The lowest BCUT2D eigenvalue weighted by Gasteiger charge is -2.28. The molecule has 0 spiro atoms. The molecule has 3 rings (SSSR count). The number of rotatable bonds is 9. The molecule has 1 N–H and O–H groups in total. The molecule has 1 aliphatic heterocycles. The molecular formula is C20H28ClN5O2S. The highest BCUT2D eigenvalue weighted by molar-refractivity contribution is 7.99. The number of aromatic nitrogens is 3. The van der Waals surface area contributed by atoms with Gasteiger partial charge in [-0.05, 0) is 30.0 Å². The summed E-state index contributed by atoms with van der Waals surface area (Å²) in [6, 6.07) is 7.69. The predicted molar refractivity (Wildman–Crippen MR) is 117 cm³/mol. The Morgan fingerprint density at radius 3 is 2.83 bits per heavy atom. The Morgan fingerprint density at radius 2 is 2.10 bits per heavy atom. The lowest BCUT2D eigenvalue weighted by molar-refractivity contribution is -0.118. The van der Waals surface area contributed by atoms with Crippen LogP contribution in [0.3, 0.4) is 0 Å². The quantitative estimate of drug-likeness (QED) is 0.608. The fourth-order valence-electron chi connectivity index (χ4n) is 3.13. The number of nitrogens with one attached hydrogen (secondary N) is 1. The molecule has 0 atom stereocenters. The van der Waals surface area contributed by atoms with Gasteiger partial charge in [-0.25, -0.2) is 0 Å². The Morgan fingerprint density at radius 1 is 1.31 bits per heavy atom. The highest BCUT2D eigenvalue weighted by Gasteiger charge is 2.21. The van der Waals surface area contributed by atoms with Gasteiger partial charge in [-0.15, -0.1) is 10.2 Å². The van der Waals surface area contributed by atoms with Crippen LogP contribution in [0.5, 0.6) is 0 Å². The zero-order valence-electron chi connectivity index (χ0n) is 16.9. The Hall–Kier alpha value is -1.77. The number of benzene rings is 1. The second kappa shape index (κ2) is 10.8. The lowest BCUT2D eigenvalue weighted by Crippen LogP contribution is -2.38. The molecule has 0 saturated carbocycles. The van der Waals surface area contributed by atoms with E-state index in [-0.39, 0.29) is 5.91 Å². The fraction of sp³-hybridized carbons (Fsp3) is 0.550. The van der Waals surface area contributed by atoms with Gasteiger partial charge < -0.3 is 15.0 Å². The molecule has 2 aromatic rings. The standard InChI is InChI=1S/C20H28ClN5O2S/c1-15(2)13-26-19(25-8-10-28-11-9-25)23-24-20(26)29-14-18(27)22-7-6-16-4-3-5-17(21)12-16/h3-5,12,15H,6-11,13-14H2,1-2H3,(H,22,27). The maximum Gasteiger partial charge on any atom is 0.230 e. The van der Waals surface area contributed by atoms with E-state index in [0.29, 0.717) is 36.5 Å². The molecule has 29 heavy (non-hydrogen) atoms. The molecule has 0 aliphatic carbocycles. The first-order chi connectivity index (χ1) is 14.0.